The summed E-state index contributed by atoms with van der Waals surface area (Å²) in [6, 6.07) is 16.5. The van der Waals surface area contributed by atoms with Crippen molar-refractivity contribution in [3.05, 3.63) is 65.2 Å². The van der Waals surface area contributed by atoms with Crippen LogP contribution in [0.4, 0.5) is 11.5 Å². The van der Waals surface area contributed by atoms with Gasteiger partial charge in [-0.1, -0.05) is 23.7 Å². The smallest absolute Gasteiger partial charge is 0.251 e. The van der Waals surface area contributed by atoms with Crippen LogP contribution in [0.25, 0.3) is 11.3 Å². The number of H-pyrrole nitrogens is 1. The fourth-order valence-corrected chi connectivity index (χ4v) is 3.64. The van der Waals surface area contributed by atoms with Crippen LogP contribution < -0.4 is 15.5 Å². The predicted octanol–water partition coefficient (Wildman–Crippen LogP) is 3.70. The molecule has 0 spiro atoms. The molecule has 2 aromatic carbocycles. The summed E-state index contributed by atoms with van der Waals surface area (Å²) in [4.78, 5) is 25.8. The number of hydrogen-bond acceptors (Lipinski definition) is 4. The summed E-state index contributed by atoms with van der Waals surface area (Å²) in [7, 11) is 0. The molecule has 0 aliphatic carbocycles. The molecule has 1 aliphatic heterocycles. The Hall–Kier alpha value is -3.32. The van der Waals surface area contributed by atoms with Crippen molar-refractivity contribution < 1.29 is 9.59 Å². The molecule has 3 N–H and O–H groups in total. The Kier molecular flexibility index (Phi) is 5.72. The van der Waals surface area contributed by atoms with Crippen molar-refractivity contribution in [2.75, 3.05) is 23.3 Å². The molecule has 2 heterocycles. The van der Waals surface area contributed by atoms with Crippen LogP contribution in [0.15, 0.2) is 54.6 Å². The van der Waals surface area contributed by atoms with Gasteiger partial charge in [-0.2, -0.15) is 5.10 Å². The molecule has 1 saturated heterocycles. The normalized spacial score (nSPS) is 15.8. The van der Waals surface area contributed by atoms with Gasteiger partial charge >= 0.3 is 0 Å². The predicted molar refractivity (Wildman–Crippen MR) is 118 cm³/mol. The summed E-state index contributed by atoms with van der Waals surface area (Å²) in [6.45, 7) is 2.96. The number of carbonyl (C=O) groups excluding carboxylic acids is 2. The van der Waals surface area contributed by atoms with E-state index >= 15 is 0 Å². The van der Waals surface area contributed by atoms with Gasteiger partial charge in [-0.05, 0) is 48.4 Å². The molecule has 0 saturated carbocycles. The molecule has 1 aromatic heterocycles. The van der Waals surface area contributed by atoms with Gasteiger partial charge in [-0.3, -0.25) is 14.7 Å². The highest BCUT2D eigenvalue weighted by Crippen LogP contribution is 2.25. The Labute approximate surface area is 179 Å². The molecular formula is C22H22ClN5O2. The van der Waals surface area contributed by atoms with Crippen LogP contribution in [0, 0.1) is 0 Å². The van der Waals surface area contributed by atoms with Gasteiger partial charge in [-0.25, -0.2) is 0 Å². The maximum atomic E-state index is 12.5. The van der Waals surface area contributed by atoms with Gasteiger partial charge in [0, 0.05) is 48.4 Å². The van der Waals surface area contributed by atoms with Crippen molar-refractivity contribution in [2.45, 2.75) is 19.4 Å². The number of nitrogens with zero attached hydrogens (tertiary/aromatic N) is 2. The van der Waals surface area contributed by atoms with Crippen molar-refractivity contribution in [3.8, 4) is 11.3 Å². The molecule has 0 radical (unpaired) electrons. The average molecular weight is 424 g/mol. The van der Waals surface area contributed by atoms with Crippen molar-refractivity contribution in [1.82, 2.24) is 15.5 Å². The molecule has 30 heavy (non-hydrogen) atoms. The van der Waals surface area contributed by atoms with Gasteiger partial charge in [0.2, 0.25) is 5.91 Å². The highest BCUT2D eigenvalue weighted by molar-refractivity contribution is 6.30. The van der Waals surface area contributed by atoms with E-state index in [-0.39, 0.29) is 17.9 Å². The number of rotatable bonds is 5. The zero-order valence-corrected chi connectivity index (χ0v) is 17.2. The van der Waals surface area contributed by atoms with Gasteiger partial charge in [0.25, 0.3) is 5.91 Å². The number of carbonyl (C=O) groups is 2. The Morgan fingerprint density at radius 3 is 2.57 bits per heavy atom. The Balaban J connectivity index is 1.35. The third-order valence-corrected chi connectivity index (χ3v) is 5.29. The minimum Gasteiger partial charge on any atom is -0.353 e. The number of anilines is 2. The van der Waals surface area contributed by atoms with Crippen molar-refractivity contribution in [3.63, 3.8) is 0 Å². The Morgan fingerprint density at radius 2 is 1.87 bits per heavy atom. The topological polar surface area (TPSA) is 90.1 Å². The maximum Gasteiger partial charge on any atom is 0.251 e. The molecule has 1 fully saturated rings. The molecule has 3 aromatic rings. The first-order valence-corrected chi connectivity index (χ1v) is 10.1. The number of halogens is 1. The van der Waals surface area contributed by atoms with E-state index in [0.717, 1.165) is 30.0 Å². The lowest BCUT2D eigenvalue weighted by atomic mass is 10.1. The summed E-state index contributed by atoms with van der Waals surface area (Å²) < 4.78 is 0. The number of amides is 2. The molecule has 154 valence electrons. The Morgan fingerprint density at radius 1 is 1.13 bits per heavy atom. The van der Waals surface area contributed by atoms with Crippen molar-refractivity contribution in [1.29, 1.82) is 0 Å². The van der Waals surface area contributed by atoms with E-state index in [1.54, 1.807) is 24.3 Å². The molecule has 0 bridgehead atoms. The summed E-state index contributed by atoms with van der Waals surface area (Å²) in [5.41, 5.74) is 3.17. The standard InChI is InChI=1S/C22H22ClN5O2/c1-14(29)24-18-8-4-16(5-9-18)22(30)25-19-10-11-28(13-19)21-12-20(26-27-21)15-2-6-17(23)7-3-15/h2-9,12,19H,10-11,13H2,1H3,(H,24,29)(H,25,30)(H,26,27). The van der Waals surface area contributed by atoms with E-state index in [1.807, 2.05) is 30.3 Å². The van der Waals surface area contributed by atoms with E-state index in [1.165, 1.54) is 6.92 Å². The van der Waals surface area contributed by atoms with Gasteiger partial charge in [0.1, 0.15) is 0 Å². The minimum atomic E-state index is -0.143. The molecule has 1 aliphatic rings. The molecule has 1 unspecified atom stereocenters. The second-order valence-electron chi connectivity index (χ2n) is 7.31. The van der Waals surface area contributed by atoms with Crippen molar-refractivity contribution in [2.24, 2.45) is 0 Å². The van der Waals surface area contributed by atoms with Crippen LogP contribution in [0.3, 0.4) is 0 Å². The van der Waals surface area contributed by atoms with Gasteiger partial charge in [0.15, 0.2) is 5.82 Å². The van der Waals surface area contributed by atoms with Crippen LogP contribution in [0.2, 0.25) is 5.02 Å². The van der Waals surface area contributed by atoms with Crippen LogP contribution in [0.5, 0.6) is 0 Å². The lowest BCUT2D eigenvalue weighted by molar-refractivity contribution is -0.114. The number of nitrogens with one attached hydrogen (secondary N) is 3. The summed E-state index contributed by atoms with van der Waals surface area (Å²) in [6.07, 6.45) is 0.846. The quantitative estimate of drug-likeness (QED) is 0.583. The molecule has 1 atom stereocenters. The van der Waals surface area contributed by atoms with Crippen LogP contribution in [-0.4, -0.2) is 41.1 Å². The molecule has 4 rings (SSSR count). The van der Waals surface area contributed by atoms with Crippen molar-refractivity contribution >= 4 is 34.9 Å². The highest BCUT2D eigenvalue weighted by Gasteiger charge is 2.26. The molecular weight excluding hydrogens is 402 g/mol. The van der Waals surface area contributed by atoms with E-state index in [0.29, 0.717) is 22.8 Å². The van der Waals surface area contributed by atoms with E-state index in [9.17, 15) is 9.59 Å². The number of hydrogen-bond donors (Lipinski definition) is 3. The second-order valence-corrected chi connectivity index (χ2v) is 7.75. The van der Waals surface area contributed by atoms with Crippen LogP contribution >= 0.6 is 11.6 Å². The fraction of sp³-hybridized carbons (Fsp3) is 0.227. The lowest BCUT2D eigenvalue weighted by Gasteiger charge is -2.16. The number of aromatic nitrogens is 2. The van der Waals surface area contributed by atoms with Crippen LogP contribution in [-0.2, 0) is 4.79 Å². The second kappa shape index (κ2) is 8.59. The SMILES string of the molecule is CC(=O)Nc1ccc(C(=O)NC2CCN(c3cc(-c4ccc(Cl)cc4)[nH]n3)C2)cc1. The summed E-state index contributed by atoms with van der Waals surface area (Å²) in [5.74, 6) is 0.590. The third kappa shape index (κ3) is 4.63. The first-order valence-electron chi connectivity index (χ1n) is 9.73. The van der Waals surface area contributed by atoms with Gasteiger partial charge in [-0.15, -0.1) is 0 Å². The van der Waals surface area contributed by atoms with Gasteiger partial charge < -0.3 is 15.5 Å². The van der Waals surface area contributed by atoms with E-state index in [4.69, 9.17) is 11.6 Å². The third-order valence-electron chi connectivity index (χ3n) is 5.03. The maximum absolute atomic E-state index is 12.5. The molecule has 2 amide bonds. The largest absolute Gasteiger partial charge is 0.353 e. The zero-order chi connectivity index (χ0) is 21.1. The lowest BCUT2D eigenvalue weighted by Crippen LogP contribution is -2.37. The molecule has 7 nitrogen and oxygen atoms in total. The van der Waals surface area contributed by atoms with Gasteiger partial charge in [0.05, 0.1) is 5.69 Å². The first kappa shape index (κ1) is 20.0. The summed E-state index contributed by atoms with van der Waals surface area (Å²) >= 11 is 5.95. The minimum absolute atomic E-state index is 0.0446. The van der Waals surface area contributed by atoms with E-state index < -0.39 is 0 Å². The fourth-order valence-electron chi connectivity index (χ4n) is 3.51. The zero-order valence-electron chi connectivity index (χ0n) is 16.5. The molecule has 8 heteroatoms. The Bertz CT molecular complexity index is 1050. The summed E-state index contributed by atoms with van der Waals surface area (Å²) in [5, 5.41) is 14.0. The average Bonchev–Trinajstić information content (AvgIpc) is 3.38. The number of aromatic amines is 1. The first-order chi connectivity index (χ1) is 14.5. The van der Waals surface area contributed by atoms with E-state index in [2.05, 4.69) is 25.7 Å². The monoisotopic (exact) mass is 423 g/mol. The number of benzene rings is 2. The van der Waals surface area contributed by atoms with Crippen LogP contribution in [0.1, 0.15) is 23.7 Å². The highest BCUT2D eigenvalue weighted by atomic mass is 35.5.